The molecule has 0 aliphatic carbocycles. The number of alkyl halides is 2. The average molecular weight is 487 g/mol. The molecule has 5 rings (SSSR count). The van der Waals surface area contributed by atoms with E-state index in [9.17, 15) is 22.8 Å². The highest BCUT2D eigenvalue weighted by molar-refractivity contribution is 5.99. The summed E-state index contributed by atoms with van der Waals surface area (Å²) in [6, 6.07) is 4.52. The van der Waals surface area contributed by atoms with Crippen molar-refractivity contribution in [1.29, 1.82) is 0 Å². The number of ether oxygens (including phenoxy) is 1. The lowest BCUT2D eigenvalue weighted by molar-refractivity contribution is -0.0950. The molecule has 1 aromatic carbocycles. The second-order valence-corrected chi connectivity index (χ2v) is 9.10. The van der Waals surface area contributed by atoms with Crippen LogP contribution in [0.5, 0.6) is 0 Å². The van der Waals surface area contributed by atoms with Crippen LogP contribution in [-0.2, 0) is 11.8 Å². The fraction of sp³-hybridized carbons (Fsp3) is 0.417. The molecule has 11 heteroatoms. The average Bonchev–Trinajstić information content (AvgIpc) is 3.31. The summed E-state index contributed by atoms with van der Waals surface area (Å²) in [5.74, 6) is -1.16. The molecule has 35 heavy (non-hydrogen) atoms. The number of pyridine rings is 1. The van der Waals surface area contributed by atoms with Crippen LogP contribution in [0.4, 0.5) is 19.0 Å². The first-order valence-corrected chi connectivity index (χ1v) is 11.3. The summed E-state index contributed by atoms with van der Waals surface area (Å²) in [5.41, 5.74) is -1.21. The summed E-state index contributed by atoms with van der Waals surface area (Å²) in [7, 11) is 1.51. The molecule has 2 aliphatic heterocycles. The predicted octanol–water partition coefficient (Wildman–Crippen LogP) is 3.58. The Kier molecular flexibility index (Phi) is 5.74. The Hall–Kier alpha value is -3.47. The van der Waals surface area contributed by atoms with Gasteiger partial charge in [0.1, 0.15) is 34.8 Å². The third-order valence-electron chi connectivity index (χ3n) is 6.78. The van der Waals surface area contributed by atoms with Crippen molar-refractivity contribution in [2.45, 2.75) is 37.8 Å². The van der Waals surface area contributed by atoms with Crippen molar-refractivity contribution in [2.24, 2.45) is 7.05 Å². The molecule has 0 bridgehead atoms. The first-order chi connectivity index (χ1) is 16.7. The molecule has 1 spiro atoms. The van der Waals surface area contributed by atoms with E-state index in [0.29, 0.717) is 25.1 Å². The van der Waals surface area contributed by atoms with Gasteiger partial charge in [-0.1, -0.05) is 18.2 Å². The van der Waals surface area contributed by atoms with Gasteiger partial charge in [-0.15, -0.1) is 0 Å². The highest BCUT2D eigenvalue weighted by Crippen LogP contribution is 2.36. The van der Waals surface area contributed by atoms with Gasteiger partial charge in [0.15, 0.2) is 0 Å². The van der Waals surface area contributed by atoms with Crippen molar-refractivity contribution in [2.75, 3.05) is 25.0 Å². The first-order valence-electron chi connectivity index (χ1n) is 11.3. The number of hydrogen-bond acceptors (Lipinski definition) is 6. The number of hydrogen-bond donors (Lipinski definition) is 1. The summed E-state index contributed by atoms with van der Waals surface area (Å²) in [4.78, 5) is 36.1. The molecular weight excluding hydrogens is 463 g/mol. The van der Waals surface area contributed by atoms with Gasteiger partial charge in [0.05, 0.1) is 30.1 Å². The number of fused-ring (bicyclic) bond motifs is 1. The first kappa shape index (κ1) is 23.3. The van der Waals surface area contributed by atoms with Crippen LogP contribution in [0, 0.1) is 5.82 Å². The van der Waals surface area contributed by atoms with Crippen molar-refractivity contribution in [3.8, 4) is 0 Å². The van der Waals surface area contributed by atoms with Crippen LogP contribution in [0.25, 0.3) is 11.0 Å². The minimum Gasteiger partial charge on any atom is -0.371 e. The zero-order valence-corrected chi connectivity index (χ0v) is 19.2. The molecule has 0 radical (unpaired) electrons. The van der Waals surface area contributed by atoms with Crippen LogP contribution in [0.2, 0.25) is 0 Å². The number of rotatable bonds is 5. The fourth-order valence-electron chi connectivity index (χ4n) is 4.86. The van der Waals surface area contributed by atoms with E-state index in [2.05, 4.69) is 15.3 Å². The smallest absolute Gasteiger partial charge is 0.266 e. The molecule has 1 N–H and O–H groups in total. The topological polar surface area (TPSA) is 89.4 Å². The van der Waals surface area contributed by atoms with Gasteiger partial charge in [0.25, 0.3) is 17.9 Å². The zero-order chi connectivity index (χ0) is 24.9. The van der Waals surface area contributed by atoms with E-state index in [4.69, 9.17) is 4.74 Å². The van der Waals surface area contributed by atoms with Gasteiger partial charge in [0, 0.05) is 19.2 Å². The third-order valence-corrected chi connectivity index (χ3v) is 6.78. The van der Waals surface area contributed by atoms with E-state index in [0.717, 1.165) is 18.9 Å². The van der Waals surface area contributed by atoms with Gasteiger partial charge >= 0.3 is 0 Å². The van der Waals surface area contributed by atoms with Crippen LogP contribution >= 0.6 is 0 Å². The molecule has 3 aromatic rings. The van der Waals surface area contributed by atoms with Crippen molar-refractivity contribution < 1.29 is 22.7 Å². The number of likely N-dealkylation sites (tertiary alicyclic amines) is 1. The number of anilines is 1. The van der Waals surface area contributed by atoms with Gasteiger partial charge in [-0.3, -0.25) is 14.2 Å². The largest absolute Gasteiger partial charge is 0.371 e. The van der Waals surface area contributed by atoms with Crippen molar-refractivity contribution in [3.05, 3.63) is 63.5 Å². The Morgan fingerprint density at radius 3 is 2.66 bits per heavy atom. The third kappa shape index (κ3) is 3.93. The van der Waals surface area contributed by atoms with E-state index in [1.165, 1.54) is 36.1 Å². The molecule has 2 aromatic heterocycles. The number of carbonyl (C=O) groups is 1. The molecule has 0 unspecified atom stereocenters. The highest BCUT2D eigenvalue weighted by Gasteiger charge is 2.48. The minimum absolute atomic E-state index is 0.0378. The molecule has 184 valence electrons. The number of carbonyl (C=O) groups excluding carboxylic acids is 1. The fourth-order valence-corrected chi connectivity index (χ4v) is 4.86. The van der Waals surface area contributed by atoms with Gasteiger partial charge in [0.2, 0.25) is 0 Å². The normalized spacial score (nSPS) is 17.7. The number of benzene rings is 1. The van der Waals surface area contributed by atoms with Crippen LogP contribution in [0.15, 0.2) is 35.4 Å². The zero-order valence-electron chi connectivity index (χ0n) is 19.2. The number of amides is 1. The lowest BCUT2D eigenvalue weighted by Gasteiger charge is -2.46. The molecule has 1 atom stereocenters. The standard InChI is InChI=1S/C24H24F3N5O3/c1-13(14-5-3-6-15(18(14)25)19(26)27)30-20-16-9-17(22(33)31(2)21(16)29-12-28-20)23(34)32-10-24(11-32)7-4-8-35-24/h3,5-6,9,12-13,19H,4,7-8,10-11H2,1-2H3,(H,28,29,30)/t13-/m1/s1. The summed E-state index contributed by atoms with van der Waals surface area (Å²) in [5, 5.41) is 3.40. The van der Waals surface area contributed by atoms with Crippen LogP contribution in [-0.4, -0.2) is 50.6 Å². The number of aryl methyl sites for hydroxylation is 1. The quantitative estimate of drug-likeness (QED) is 0.592. The molecular formula is C24H24F3N5O3. The maximum atomic E-state index is 14.7. The summed E-state index contributed by atoms with van der Waals surface area (Å²) >= 11 is 0. The monoisotopic (exact) mass is 487 g/mol. The van der Waals surface area contributed by atoms with Gasteiger partial charge in [-0.25, -0.2) is 23.1 Å². The molecule has 4 heterocycles. The molecule has 2 aliphatic rings. The molecule has 2 saturated heterocycles. The second kappa shape index (κ2) is 8.63. The number of aromatic nitrogens is 3. The van der Waals surface area contributed by atoms with Gasteiger partial charge < -0.3 is 15.0 Å². The maximum absolute atomic E-state index is 14.7. The highest BCUT2D eigenvalue weighted by atomic mass is 19.3. The Balaban J connectivity index is 1.48. The molecule has 2 fully saturated rings. The predicted molar refractivity (Wildman–Crippen MR) is 122 cm³/mol. The van der Waals surface area contributed by atoms with E-state index >= 15 is 0 Å². The SMILES string of the molecule is C[C@@H](Nc1ncnc2c1cc(C(=O)N1CC3(CCCO3)C1)c(=O)n2C)c1cccc(C(F)F)c1F. The van der Waals surface area contributed by atoms with E-state index in [1.807, 2.05) is 0 Å². The number of nitrogens with zero attached hydrogens (tertiary/aromatic N) is 4. The van der Waals surface area contributed by atoms with E-state index < -0.39 is 35.3 Å². The van der Waals surface area contributed by atoms with Gasteiger partial charge in [-0.05, 0) is 25.8 Å². The Bertz CT molecular complexity index is 1360. The molecule has 8 nitrogen and oxygen atoms in total. The number of halogens is 3. The maximum Gasteiger partial charge on any atom is 0.266 e. The van der Waals surface area contributed by atoms with E-state index in [-0.39, 0.29) is 28.2 Å². The van der Waals surface area contributed by atoms with Gasteiger partial charge in [-0.2, -0.15) is 0 Å². The summed E-state index contributed by atoms with van der Waals surface area (Å²) < 4.78 is 48.0. The van der Waals surface area contributed by atoms with Crippen LogP contribution in [0.1, 0.15) is 53.7 Å². The summed E-state index contributed by atoms with van der Waals surface area (Å²) in [6.07, 6.45) is 0.127. The Labute approximate surface area is 198 Å². The van der Waals surface area contributed by atoms with Crippen LogP contribution in [0.3, 0.4) is 0 Å². The summed E-state index contributed by atoms with van der Waals surface area (Å²) in [6.45, 7) is 3.14. The lowest BCUT2D eigenvalue weighted by atomic mass is 9.90. The molecule has 1 amide bonds. The van der Waals surface area contributed by atoms with Crippen LogP contribution < -0.4 is 10.9 Å². The lowest BCUT2D eigenvalue weighted by Crippen LogP contribution is -2.63. The van der Waals surface area contributed by atoms with E-state index in [1.54, 1.807) is 11.8 Å². The Morgan fingerprint density at radius 2 is 1.97 bits per heavy atom. The molecule has 0 saturated carbocycles. The van der Waals surface area contributed by atoms with Crippen molar-refractivity contribution >= 4 is 22.8 Å². The second-order valence-electron chi connectivity index (χ2n) is 9.10. The number of nitrogens with one attached hydrogen (secondary N) is 1. The Morgan fingerprint density at radius 1 is 1.23 bits per heavy atom. The minimum atomic E-state index is -2.94. The van der Waals surface area contributed by atoms with Crippen molar-refractivity contribution in [3.63, 3.8) is 0 Å². The van der Waals surface area contributed by atoms with Crippen molar-refractivity contribution in [1.82, 2.24) is 19.4 Å².